The second-order valence-electron chi connectivity index (χ2n) is 4.56. The van der Waals surface area contributed by atoms with Gasteiger partial charge in [0.25, 0.3) is 0 Å². The second-order valence-corrected chi connectivity index (χ2v) is 5.35. The molecule has 0 heterocycles. The van der Waals surface area contributed by atoms with Crippen LogP contribution in [0.5, 0.6) is 0 Å². The maximum absolute atomic E-state index is 9.29. The molecule has 2 N–H and O–H groups in total. The van der Waals surface area contributed by atoms with Gasteiger partial charge in [-0.25, -0.2) is 0 Å². The Balaban J connectivity index is 2.82. The maximum Gasteiger partial charge on any atom is 0.0639 e. The van der Waals surface area contributed by atoms with E-state index in [-0.39, 0.29) is 18.7 Å². The average Bonchev–Trinajstić information content (AvgIpc) is 2.28. The Hall–Kier alpha value is -0.280. The van der Waals surface area contributed by atoms with Crippen LogP contribution >= 0.6 is 23.2 Å². The zero-order valence-electron chi connectivity index (χ0n) is 10.4. The van der Waals surface area contributed by atoms with Crippen LogP contribution in [0.15, 0.2) is 18.2 Å². The van der Waals surface area contributed by atoms with Crippen molar-refractivity contribution in [2.24, 2.45) is 5.92 Å². The summed E-state index contributed by atoms with van der Waals surface area (Å²) in [5, 5.41) is 13.8. The third-order valence-corrected chi connectivity index (χ3v) is 3.75. The zero-order chi connectivity index (χ0) is 13.0. The van der Waals surface area contributed by atoms with Crippen molar-refractivity contribution in [1.29, 1.82) is 0 Å². The summed E-state index contributed by atoms with van der Waals surface area (Å²) in [6, 6.07) is 5.71. The molecule has 0 radical (unpaired) electrons. The fourth-order valence-corrected chi connectivity index (χ4v) is 2.19. The first-order valence-electron chi connectivity index (χ1n) is 5.78. The Morgan fingerprint density at radius 2 is 1.88 bits per heavy atom. The Labute approximate surface area is 113 Å². The normalized spacial score (nSPS) is 15.0. The van der Waals surface area contributed by atoms with E-state index in [1.807, 2.05) is 19.1 Å². The lowest BCUT2D eigenvalue weighted by molar-refractivity contribution is 0.201. The summed E-state index contributed by atoms with van der Waals surface area (Å²) < 4.78 is 0. The second kappa shape index (κ2) is 6.60. The van der Waals surface area contributed by atoms with Crippen molar-refractivity contribution in [3.05, 3.63) is 33.8 Å². The van der Waals surface area contributed by atoms with Crippen LogP contribution in [0.1, 0.15) is 32.4 Å². The summed E-state index contributed by atoms with van der Waals surface area (Å²) in [6.45, 7) is 6.27. The maximum atomic E-state index is 9.29. The highest BCUT2D eigenvalue weighted by molar-refractivity contribution is 6.42. The van der Waals surface area contributed by atoms with Crippen molar-refractivity contribution in [3.63, 3.8) is 0 Å². The molecule has 2 atom stereocenters. The van der Waals surface area contributed by atoms with Gasteiger partial charge in [-0.2, -0.15) is 0 Å². The molecule has 0 spiro atoms. The molecule has 1 aromatic rings. The molecule has 4 heteroatoms. The van der Waals surface area contributed by atoms with Crippen LogP contribution in [-0.4, -0.2) is 17.8 Å². The topological polar surface area (TPSA) is 32.3 Å². The van der Waals surface area contributed by atoms with E-state index in [0.717, 1.165) is 5.56 Å². The predicted octanol–water partition coefficient (Wildman–Crippen LogP) is 3.66. The first kappa shape index (κ1) is 14.8. The Bertz CT molecular complexity index is 368. The van der Waals surface area contributed by atoms with Crippen molar-refractivity contribution in [2.45, 2.75) is 32.9 Å². The Kier molecular flexibility index (Phi) is 5.74. The molecule has 96 valence electrons. The van der Waals surface area contributed by atoms with Gasteiger partial charge in [-0.05, 0) is 24.5 Å². The van der Waals surface area contributed by atoms with Crippen molar-refractivity contribution < 1.29 is 5.11 Å². The fraction of sp³-hybridized carbons (Fsp3) is 0.538. The highest BCUT2D eigenvalue weighted by atomic mass is 35.5. The van der Waals surface area contributed by atoms with Crippen LogP contribution in [0.2, 0.25) is 10.0 Å². The monoisotopic (exact) mass is 275 g/mol. The van der Waals surface area contributed by atoms with Crippen LogP contribution in [-0.2, 0) is 0 Å². The lowest BCUT2D eigenvalue weighted by atomic mass is 10.0. The molecule has 17 heavy (non-hydrogen) atoms. The fourth-order valence-electron chi connectivity index (χ4n) is 1.72. The smallest absolute Gasteiger partial charge is 0.0639 e. The third kappa shape index (κ3) is 3.85. The van der Waals surface area contributed by atoms with Crippen molar-refractivity contribution in [1.82, 2.24) is 5.32 Å². The minimum atomic E-state index is 0.0556. The van der Waals surface area contributed by atoms with Crippen molar-refractivity contribution >= 4 is 23.2 Å². The molecule has 0 fully saturated rings. The molecule has 0 bridgehead atoms. The zero-order valence-corrected chi connectivity index (χ0v) is 11.9. The summed E-state index contributed by atoms with van der Waals surface area (Å²) in [5.74, 6) is 0.361. The third-order valence-electron chi connectivity index (χ3n) is 2.91. The van der Waals surface area contributed by atoms with E-state index in [2.05, 4.69) is 19.2 Å². The van der Waals surface area contributed by atoms with Gasteiger partial charge in [0.15, 0.2) is 0 Å². The SMILES string of the molecule is CC(NC(CO)C(C)C)c1cccc(Cl)c1Cl. The van der Waals surface area contributed by atoms with Crippen LogP contribution < -0.4 is 5.32 Å². The van der Waals surface area contributed by atoms with Crippen LogP contribution in [0.25, 0.3) is 0 Å². The first-order chi connectivity index (χ1) is 7.97. The van der Waals surface area contributed by atoms with E-state index in [0.29, 0.717) is 16.0 Å². The Morgan fingerprint density at radius 3 is 2.41 bits per heavy atom. The minimum Gasteiger partial charge on any atom is -0.395 e. The summed E-state index contributed by atoms with van der Waals surface area (Å²) in [7, 11) is 0. The van der Waals surface area contributed by atoms with Gasteiger partial charge < -0.3 is 10.4 Å². The molecule has 1 rings (SSSR count). The number of hydrogen-bond donors (Lipinski definition) is 2. The number of aliphatic hydroxyl groups excluding tert-OH is 1. The van der Waals surface area contributed by atoms with Crippen LogP contribution in [0, 0.1) is 5.92 Å². The molecule has 2 unspecified atom stereocenters. The number of halogens is 2. The predicted molar refractivity (Wildman–Crippen MR) is 73.7 cm³/mol. The number of aliphatic hydroxyl groups is 1. The summed E-state index contributed by atoms with van der Waals surface area (Å²) in [5.41, 5.74) is 0.957. The molecule has 2 nitrogen and oxygen atoms in total. The summed E-state index contributed by atoms with van der Waals surface area (Å²) in [6.07, 6.45) is 0. The first-order valence-corrected chi connectivity index (χ1v) is 6.53. The van der Waals surface area contributed by atoms with E-state index >= 15 is 0 Å². The van der Waals surface area contributed by atoms with Gasteiger partial charge in [-0.1, -0.05) is 49.2 Å². The molecule has 0 amide bonds. The molecular formula is C13H19Cl2NO. The summed E-state index contributed by atoms with van der Waals surface area (Å²) >= 11 is 12.1. The van der Waals surface area contributed by atoms with Crippen molar-refractivity contribution in [3.8, 4) is 0 Å². The van der Waals surface area contributed by atoms with Crippen LogP contribution in [0.4, 0.5) is 0 Å². The molecule has 0 aliphatic heterocycles. The van der Waals surface area contributed by atoms with Gasteiger partial charge in [0.2, 0.25) is 0 Å². The van der Waals surface area contributed by atoms with Gasteiger partial charge in [0, 0.05) is 12.1 Å². The number of hydrogen-bond acceptors (Lipinski definition) is 2. The van der Waals surface area contributed by atoms with Gasteiger partial charge in [0.05, 0.1) is 16.7 Å². The van der Waals surface area contributed by atoms with E-state index < -0.39 is 0 Å². The van der Waals surface area contributed by atoms with E-state index in [9.17, 15) is 5.11 Å². The average molecular weight is 276 g/mol. The molecule has 0 aromatic heterocycles. The minimum absolute atomic E-state index is 0.0556. The van der Waals surface area contributed by atoms with Gasteiger partial charge in [0.1, 0.15) is 0 Å². The van der Waals surface area contributed by atoms with E-state index in [1.54, 1.807) is 6.07 Å². The standard InChI is InChI=1S/C13H19Cl2NO/c1-8(2)12(7-17)16-9(3)10-5-4-6-11(14)13(10)15/h4-6,8-9,12,16-17H,7H2,1-3H3. The molecule has 0 saturated heterocycles. The largest absolute Gasteiger partial charge is 0.395 e. The quantitative estimate of drug-likeness (QED) is 0.860. The molecule has 0 saturated carbocycles. The highest BCUT2D eigenvalue weighted by Gasteiger charge is 2.18. The molecule has 1 aromatic carbocycles. The van der Waals surface area contributed by atoms with Gasteiger partial charge >= 0.3 is 0 Å². The summed E-state index contributed by atoms with van der Waals surface area (Å²) in [4.78, 5) is 0. The molecular weight excluding hydrogens is 257 g/mol. The van der Waals surface area contributed by atoms with E-state index in [1.165, 1.54) is 0 Å². The number of nitrogens with one attached hydrogen (secondary N) is 1. The van der Waals surface area contributed by atoms with Crippen LogP contribution in [0.3, 0.4) is 0 Å². The molecule has 0 aliphatic carbocycles. The highest BCUT2D eigenvalue weighted by Crippen LogP contribution is 2.30. The van der Waals surface area contributed by atoms with Gasteiger partial charge in [-0.3, -0.25) is 0 Å². The molecule has 0 aliphatic rings. The van der Waals surface area contributed by atoms with E-state index in [4.69, 9.17) is 23.2 Å². The number of rotatable bonds is 5. The lowest BCUT2D eigenvalue weighted by Gasteiger charge is -2.25. The lowest BCUT2D eigenvalue weighted by Crippen LogP contribution is -2.38. The number of benzene rings is 1. The Morgan fingerprint density at radius 1 is 1.24 bits per heavy atom. The van der Waals surface area contributed by atoms with Crippen molar-refractivity contribution in [2.75, 3.05) is 6.61 Å². The van der Waals surface area contributed by atoms with Gasteiger partial charge in [-0.15, -0.1) is 0 Å².